The summed E-state index contributed by atoms with van der Waals surface area (Å²) in [7, 11) is 0. The Kier molecular flexibility index (Phi) is 4.57. The minimum Gasteiger partial charge on any atom is -0.351 e. The van der Waals surface area contributed by atoms with Gasteiger partial charge in [-0.15, -0.1) is 22.7 Å². The van der Waals surface area contributed by atoms with Gasteiger partial charge in [-0.05, 0) is 19.4 Å². The van der Waals surface area contributed by atoms with E-state index in [1.165, 1.54) is 5.56 Å². The Labute approximate surface area is 159 Å². The number of nitrogens with zero attached hydrogens (tertiary/aromatic N) is 3. The molecule has 3 heterocycles. The third-order valence-electron chi connectivity index (χ3n) is 4.20. The molecule has 0 radical (unpaired) electrons. The molecule has 26 heavy (non-hydrogen) atoms. The van der Waals surface area contributed by atoms with Crippen molar-refractivity contribution >= 4 is 33.5 Å². The molecule has 1 N–H and O–H groups in total. The summed E-state index contributed by atoms with van der Waals surface area (Å²) in [6.45, 7) is 4.57. The van der Waals surface area contributed by atoms with Gasteiger partial charge in [-0.1, -0.05) is 24.3 Å². The van der Waals surface area contributed by atoms with Crippen LogP contribution in [0.3, 0.4) is 0 Å². The van der Waals surface area contributed by atoms with Crippen molar-refractivity contribution < 1.29 is 4.79 Å². The Morgan fingerprint density at radius 1 is 1.23 bits per heavy atom. The van der Waals surface area contributed by atoms with Gasteiger partial charge in [0.1, 0.15) is 5.01 Å². The Morgan fingerprint density at radius 3 is 2.88 bits per heavy atom. The summed E-state index contributed by atoms with van der Waals surface area (Å²) >= 11 is 3.20. The summed E-state index contributed by atoms with van der Waals surface area (Å²) in [5, 5.41) is 5.97. The van der Waals surface area contributed by atoms with Gasteiger partial charge in [0.15, 0.2) is 4.96 Å². The third-order valence-corrected chi connectivity index (χ3v) is 6.16. The van der Waals surface area contributed by atoms with Crippen molar-refractivity contribution in [2.24, 2.45) is 0 Å². The number of thiazole rings is 2. The molecule has 0 saturated carbocycles. The van der Waals surface area contributed by atoms with Crippen LogP contribution in [-0.2, 0) is 17.8 Å². The molecule has 0 spiro atoms. The molecule has 1 aromatic carbocycles. The maximum absolute atomic E-state index is 12.3. The first-order valence-electron chi connectivity index (χ1n) is 8.30. The zero-order chi connectivity index (χ0) is 18.1. The van der Waals surface area contributed by atoms with E-state index in [-0.39, 0.29) is 12.3 Å². The molecule has 0 unspecified atom stereocenters. The second kappa shape index (κ2) is 7.01. The average Bonchev–Trinajstić information content (AvgIpc) is 3.28. The maximum atomic E-state index is 12.3. The third kappa shape index (κ3) is 3.40. The van der Waals surface area contributed by atoms with E-state index in [9.17, 15) is 4.79 Å². The first-order chi connectivity index (χ1) is 12.6. The van der Waals surface area contributed by atoms with Crippen molar-refractivity contribution in [3.05, 3.63) is 63.9 Å². The highest BCUT2D eigenvalue weighted by Gasteiger charge is 2.13. The predicted octanol–water partition coefficient (Wildman–Crippen LogP) is 4.00. The zero-order valence-electron chi connectivity index (χ0n) is 14.5. The molecule has 1 amide bonds. The fraction of sp³-hybridized carbons (Fsp3) is 0.211. The number of imidazole rings is 1. The monoisotopic (exact) mass is 382 g/mol. The zero-order valence-corrected chi connectivity index (χ0v) is 16.2. The summed E-state index contributed by atoms with van der Waals surface area (Å²) < 4.78 is 1.94. The van der Waals surface area contributed by atoms with Crippen molar-refractivity contribution in [1.29, 1.82) is 0 Å². The number of nitrogens with one attached hydrogen (secondary N) is 1. The van der Waals surface area contributed by atoms with E-state index in [4.69, 9.17) is 0 Å². The molecule has 4 aromatic rings. The van der Waals surface area contributed by atoms with Crippen molar-refractivity contribution in [2.75, 3.05) is 0 Å². The predicted molar refractivity (Wildman–Crippen MR) is 106 cm³/mol. The number of carbonyl (C=O) groups excluding carboxylic acids is 1. The molecule has 0 aliphatic carbocycles. The Morgan fingerprint density at radius 2 is 2.08 bits per heavy atom. The van der Waals surface area contributed by atoms with Crippen molar-refractivity contribution in [2.45, 2.75) is 26.8 Å². The van der Waals surface area contributed by atoms with Crippen LogP contribution in [0.25, 0.3) is 15.5 Å². The molecule has 0 aliphatic rings. The summed E-state index contributed by atoms with van der Waals surface area (Å²) in [5.41, 5.74) is 4.11. The van der Waals surface area contributed by atoms with E-state index in [1.807, 2.05) is 41.2 Å². The molecular weight excluding hydrogens is 364 g/mol. The first kappa shape index (κ1) is 16.9. The minimum atomic E-state index is -0.0269. The van der Waals surface area contributed by atoms with E-state index in [0.717, 1.165) is 31.8 Å². The number of carbonyl (C=O) groups is 1. The first-order valence-corrected chi connectivity index (χ1v) is 10.00. The van der Waals surface area contributed by atoms with E-state index < -0.39 is 0 Å². The average molecular weight is 383 g/mol. The number of amides is 1. The van der Waals surface area contributed by atoms with Crippen molar-refractivity contribution in [3.63, 3.8) is 0 Å². The molecule has 0 atom stereocenters. The number of fused-ring (bicyclic) bond motifs is 1. The number of rotatable bonds is 5. The normalized spacial score (nSPS) is 11.2. The number of benzene rings is 1. The summed E-state index contributed by atoms with van der Waals surface area (Å²) in [6.07, 6.45) is 4.14. The van der Waals surface area contributed by atoms with Crippen LogP contribution in [0.4, 0.5) is 0 Å². The highest BCUT2D eigenvalue weighted by atomic mass is 32.1. The SMILES string of the molecule is Cc1ccccc1-c1nc(C)c(CNC(=O)Cc2cn3ccsc3n2)s1. The van der Waals surface area contributed by atoms with Gasteiger partial charge < -0.3 is 5.32 Å². The van der Waals surface area contributed by atoms with Gasteiger partial charge in [0.25, 0.3) is 0 Å². The van der Waals surface area contributed by atoms with Gasteiger partial charge >= 0.3 is 0 Å². The van der Waals surface area contributed by atoms with Crippen molar-refractivity contribution in [3.8, 4) is 10.6 Å². The van der Waals surface area contributed by atoms with E-state index in [2.05, 4.69) is 34.3 Å². The number of aryl methyl sites for hydroxylation is 2. The lowest BCUT2D eigenvalue weighted by Gasteiger charge is -2.02. The van der Waals surface area contributed by atoms with Crippen LogP contribution < -0.4 is 5.32 Å². The van der Waals surface area contributed by atoms with Gasteiger partial charge in [-0.2, -0.15) is 0 Å². The molecule has 0 aliphatic heterocycles. The van der Waals surface area contributed by atoms with Crippen molar-refractivity contribution in [1.82, 2.24) is 19.7 Å². The second-order valence-corrected chi connectivity index (χ2v) is 8.08. The molecule has 0 fully saturated rings. The Bertz CT molecular complexity index is 1050. The van der Waals surface area contributed by atoms with Crippen LogP contribution in [0.1, 0.15) is 21.8 Å². The molecule has 132 valence electrons. The van der Waals surface area contributed by atoms with Crippen LogP contribution in [-0.4, -0.2) is 20.3 Å². The second-order valence-electron chi connectivity index (χ2n) is 6.12. The van der Waals surface area contributed by atoms with Gasteiger partial charge in [-0.3, -0.25) is 9.20 Å². The Hall–Kier alpha value is -2.51. The molecular formula is C19H18N4OS2. The van der Waals surface area contributed by atoms with E-state index in [0.29, 0.717) is 6.54 Å². The quantitative estimate of drug-likeness (QED) is 0.568. The summed E-state index contributed by atoms with van der Waals surface area (Å²) in [5.74, 6) is -0.0269. The molecule has 0 bridgehead atoms. The fourth-order valence-corrected chi connectivity index (χ4v) is 4.60. The molecule has 0 saturated heterocycles. The number of hydrogen-bond donors (Lipinski definition) is 1. The standard InChI is InChI=1S/C19H18N4OS2/c1-12-5-3-4-6-15(12)18-21-13(2)16(26-18)10-20-17(24)9-14-11-23-7-8-25-19(23)22-14/h3-8,11H,9-10H2,1-2H3,(H,20,24). The fourth-order valence-electron chi connectivity index (χ4n) is 2.79. The lowest BCUT2D eigenvalue weighted by atomic mass is 10.1. The van der Waals surface area contributed by atoms with E-state index in [1.54, 1.807) is 22.7 Å². The molecule has 7 heteroatoms. The summed E-state index contributed by atoms with van der Waals surface area (Å²) in [6, 6.07) is 8.22. The minimum absolute atomic E-state index is 0.0269. The largest absolute Gasteiger partial charge is 0.351 e. The van der Waals surface area contributed by atoms with Gasteiger partial charge in [0.2, 0.25) is 5.91 Å². The van der Waals surface area contributed by atoms with Gasteiger partial charge in [0, 0.05) is 28.2 Å². The highest BCUT2D eigenvalue weighted by Crippen LogP contribution is 2.30. The maximum Gasteiger partial charge on any atom is 0.226 e. The molecule has 5 nitrogen and oxygen atoms in total. The summed E-state index contributed by atoms with van der Waals surface area (Å²) in [4.78, 5) is 23.4. The molecule has 3 aromatic heterocycles. The van der Waals surface area contributed by atoms with Crippen LogP contribution in [0, 0.1) is 13.8 Å². The number of aromatic nitrogens is 3. The van der Waals surface area contributed by atoms with Gasteiger partial charge in [0.05, 0.1) is 24.4 Å². The molecule has 4 rings (SSSR count). The van der Waals surface area contributed by atoms with Gasteiger partial charge in [-0.25, -0.2) is 9.97 Å². The lowest BCUT2D eigenvalue weighted by molar-refractivity contribution is -0.120. The topological polar surface area (TPSA) is 59.3 Å². The smallest absolute Gasteiger partial charge is 0.226 e. The van der Waals surface area contributed by atoms with Crippen LogP contribution in [0.2, 0.25) is 0 Å². The van der Waals surface area contributed by atoms with Crippen LogP contribution in [0.5, 0.6) is 0 Å². The van der Waals surface area contributed by atoms with Crippen LogP contribution in [0.15, 0.2) is 42.0 Å². The highest BCUT2D eigenvalue weighted by molar-refractivity contribution is 7.15. The Balaban J connectivity index is 1.42. The van der Waals surface area contributed by atoms with Crippen LogP contribution >= 0.6 is 22.7 Å². The number of hydrogen-bond acceptors (Lipinski definition) is 5. The van der Waals surface area contributed by atoms with E-state index >= 15 is 0 Å². The lowest BCUT2D eigenvalue weighted by Crippen LogP contribution is -2.24.